The largest absolute Gasteiger partial charge is 0.322 e. The standard InChI is InChI=1S/C13H8FN3O/c14-12-8-16-5-4-11(12)13(18)17-10-3-1-2-9(6-10)7-15/h1-6,8H,(H,17,18). The van der Waals surface area contributed by atoms with E-state index in [-0.39, 0.29) is 5.56 Å². The first kappa shape index (κ1) is 11.7. The molecule has 0 saturated carbocycles. The Morgan fingerprint density at radius 3 is 2.94 bits per heavy atom. The highest BCUT2D eigenvalue weighted by molar-refractivity contribution is 6.04. The molecule has 0 bridgehead atoms. The second-order valence-corrected chi connectivity index (χ2v) is 3.50. The minimum absolute atomic E-state index is 0.0904. The van der Waals surface area contributed by atoms with Gasteiger partial charge in [0.15, 0.2) is 5.82 Å². The lowest BCUT2D eigenvalue weighted by molar-refractivity contribution is 0.102. The molecule has 18 heavy (non-hydrogen) atoms. The highest BCUT2D eigenvalue weighted by atomic mass is 19.1. The van der Waals surface area contributed by atoms with Gasteiger partial charge in [0.2, 0.25) is 0 Å². The summed E-state index contributed by atoms with van der Waals surface area (Å²) in [5.74, 6) is -1.27. The van der Waals surface area contributed by atoms with Gasteiger partial charge in [0.25, 0.3) is 5.91 Å². The van der Waals surface area contributed by atoms with Crippen LogP contribution < -0.4 is 5.32 Å². The summed E-state index contributed by atoms with van der Waals surface area (Å²) in [7, 11) is 0. The molecule has 0 fully saturated rings. The molecule has 0 atom stereocenters. The number of hydrogen-bond donors (Lipinski definition) is 1. The molecular weight excluding hydrogens is 233 g/mol. The minimum Gasteiger partial charge on any atom is -0.322 e. The van der Waals surface area contributed by atoms with E-state index in [9.17, 15) is 9.18 Å². The van der Waals surface area contributed by atoms with Crippen molar-refractivity contribution in [1.29, 1.82) is 5.26 Å². The SMILES string of the molecule is N#Cc1cccc(NC(=O)c2ccncc2F)c1. The van der Waals surface area contributed by atoms with E-state index in [0.29, 0.717) is 11.3 Å². The van der Waals surface area contributed by atoms with Gasteiger partial charge >= 0.3 is 0 Å². The molecular formula is C13H8FN3O. The predicted octanol–water partition coefficient (Wildman–Crippen LogP) is 2.34. The Balaban J connectivity index is 2.22. The van der Waals surface area contributed by atoms with Gasteiger partial charge < -0.3 is 5.32 Å². The van der Waals surface area contributed by atoms with Gasteiger partial charge in [0.1, 0.15) is 0 Å². The first-order chi connectivity index (χ1) is 8.70. The highest BCUT2D eigenvalue weighted by Crippen LogP contribution is 2.12. The van der Waals surface area contributed by atoms with Crippen molar-refractivity contribution in [3.63, 3.8) is 0 Å². The molecule has 1 N–H and O–H groups in total. The van der Waals surface area contributed by atoms with E-state index in [0.717, 1.165) is 6.20 Å². The van der Waals surface area contributed by atoms with Gasteiger partial charge in [-0.25, -0.2) is 4.39 Å². The van der Waals surface area contributed by atoms with E-state index in [1.54, 1.807) is 18.2 Å². The van der Waals surface area contributed by atoms with E-state index in [1.165, 1.54) is 18.3 Å². The van der Waals surface area contributed by atoms with Gasteiger partial charge in [-0.15, -0.1) is 0 Å². The van der Waals surface area contributed by atoms with Crippen LogP contribution in [0.25, 0.3) is 0 Å². The zero-order chi connectivity index (χ0) is 13.0. The maximum Gasteiger partial charge on any atom is 0.258 e. The van der Waals surface area contributed by atoms with Crippen molar-refractivity contribution < 1.29 is 9.18 Å². The van der Waals surface area contributed by atoms with Crippen LogP contribution in [0.3, 0.4) is 0 Å². The van der Waals surface area contributed by atoms with Crippen LogP contribution in [0.4, 0.5) is 10.1 Å². The van der Waals surface area contributed by atoms with Crippen molar-refractivity contribution in [2.75, 3.05) is 5.32 Å². The topological polar surface area (TPSA) is 65.8 Å². The summed E-state index contributed by atoms with van der Waals surface area (Å²) >= 11 is 0. The summed E-state index contributed by atoms with van der Waals surface area (Å²) in [6.07, 6.45) is 2.31. The molecule has 0 aliphatic rings. The van der Waals surface area contributed by atoms with Crippen LogP contribution in [0.1, 0.15) is 15.9 Å². The summed E-state index contributed by atoms with van der Waals surface area (Å²) in [6.45, 7) is 0. The van der Waals surface area contributed by atoms with Crippen molar-refractivity contribution in [2.45, 2.75) is 0 Å². The summed E-state index contributed by atoms with van der Waals surface area (Å²) in [6, 6.07) is 9.63. The third kappa shape index (κ3) is 2.50. The van der Waals surface area contributed by atoms with Crippen LogP contribution in [0.5, 0.6) is 0 Å². The minimum atomic E-state index is -0.688. The third-order valence-corrected chi connectivity index (χ3v) is 2.27. The van der Waals surface area contributed by atoms with Gasteiger partial charge in [0, 0.05) is 11.9 Å². The zero-order valence-electron chi connectivity index (χ0n) is 9.22. The maximum atomic E-state index is 13.3. The second-order valence-electron chi connectivity index (χ2n) is 3.50. The molecule has 0 radical (unpaired) electrons. The Morgan fingerprint density at radius 1 is 1.39 bits per heavy atom. The fourth-order valence-electron chi connectivity index (χ4n) is 1.42. The van der Waals surface area contributed by atoms with E-state index in [2.05, 4.69) is 10.3 Å². The Morgan fingerprint density at radius 2 is 2.22 bits per heavy atom. The summed E-state index contributed by atoms with van der Waals surface area (Å²) in [4.78, 5) is 15.3. The van der Waals surface area contributed by atoms with E-state index < -0.39 is 11.7 Å². The van der Waals surface area contributed by atoms with Gasteiger partial charge in [-0.1, -0.05) is 6.07 Å². The molecule has 88 valence electrons. The Bertz CT molecular complexity index is 634. The molecule has 5 heteroatoms. The molecule has 2 aromatic rings. The molecule has 0 unspecified atom stereocenters. The molecule has 0 spiro atoms. The smallest absolute Gasteiger partial charge is 0.258 e. The van der Waals surface area contributed by atoms with Crippen LogP contribution in [0.2, 0.25) is 0 Å². The number of carbonyl (C=O) groups is 1. The van der Waals surface area contributed by atoms with Crippen LogP contribution in [0, 0.1) is 17.1 Å². The van der Waals surface area contributed by atoms with Gasteiger partial charge in [0.05, 0.1) is 23.4 Å². The fourth-order valence-corrected chi connectivity index (χ4v) is 1.42. The number of aromatic nitrogens is 1. The summed E-state index contributed by atoms with van der Waals surface area (Å²) < 4.78 is 13.3. The van der Waals surface area contributed by atoms with E-state index >= 15 is 0 Å². The lowest BCUT2D eigenvalue weighted by atomic mass is 10.2. The first-order valence-electron chi connectivity index (χ1n) is 5.12. The van der Waals surface area contributed by atoms with Crippen LogP contribution in [0.15, 0.2) is 42.7 Å². The molecule has 0 saturated heterocycles. The molecule has 0 aliphatic heterocycles. The third-order valence-electron chi connectivity index (χ3n) is 2.27. The number of amides is 1. The van der Waals surface area contributed by atoms with Gasteiger partial charge in [-0.2, -0.15) is 5.26 Å². The first-order valence-corrected chi connectivity index (χ1v) is 5.12. The maximum absolute atomic E-state index is 13.3. The van der Waals surface area contributed by atoms with Crippen molar-refractivity contribution >= 4 is 11.6 Å². The second kappa shape index (κ2) is 5.06. The van der Waals surface area contributed by atoms with Crippen molar-refractivity contribution in [3.8, 4) is 6.07 Å². The predicted molar refractivity (Wildman–Crippen MR) is 63.3 cm³/mol. The van der Waals surface area contributed by atoms with E-state index in [4.69, 9.17) is 5.26 Å². The van der Waals surface area contributed by atoms with Crippen LogP contribution in [-0.2, 0) is 0 Å². The monoisotopic (exact) mass is 241 g/mol. The Hall–Kier alpha value is -2.74. The number of nitriles is 1. The number of hydrogen-bond acceptors (Lipinski definition) is 3. The highest BCUT2D eigenvalue weighted by Gasteiger charge is 2.11. The zero-order valence-corrected chi connectivity index (χ0v) is 9.22. The fraction of sp³-hybridized carbons (Fsp3) is 0. The quantitative estimate of drug-likeness (QED) is 0.877. The Labute approximate surface area is 103 Å². The molecule has 2 rings (SSSR count). The lowest BCUT2D eigenvalue weighted by Gasteiger charge is -2.05. The number of benzene rings is 1. The average Bonchev–Trinajstić information content (AvgIpc) is 2.39. The molecule has 1 amide bonds. The molecule has 4 nitrogen and oxygen atoms in total. The molecule has 1 heterocycles. The number of nitrogens with one attached hydrogen (secondary N) is 1. The van der Waals surface area contributed by atoms with Gasteiger partial charge in [-0.3, -0.25) is 9.78 Å². The van der Waals surface area contributed by atoms with Crippen molar-refractivity contribution in [3.05, 3.63) is 59.7 Å². The number of nitrogens with zero attached hydrogens (tertiary/aromatic N) is 2. The van der Waals surface area contributed by atoms with E-state index in [1.807, 2.05) is 6.07 Å². The van der Waals surface area contributed by atoms with Crippen LogP contribution in [-0.4, -0.2) is 10.9 Å². The number of rotatable bonds is 2. The van der Waals surface area contributed by atoms with Crippen molar-refractivity contribution in [1.82, 2.24) is 4.98 Å². The number of anilines is 1. The van der Waals surface area contributed by atoms with Crippen LogP contribution >= 0.6 is 0 Å². The number of pyridine rings is 1. The lowest BCUT2D eigenvalue weighted by Crippen LogP contribution is -2.13. The number of halogens is 1. The average molecular weight is 241 g/mol. The molecule has 0 aliphatic carbocycles. The normalized spacial score (nSPS) is 9.56. The number of carbonyl (C=O) groups excluding carboxylic acids is 1. The Kier molecular flexibility index (Phi) is 3.30. The van der Waals surface area contributed by atoms with Crippen molar-refractivity contribution in [2.24, 2.45) is 0 Å². The summed E-state index contributed by atoms with van der Waals surface area (Å²) in [5.41, 5.74) is 0.769. The molecule has 1 aromatic carbocycles. The van der Waals surface area contributed by atoms with Gasteiger partial charge in [-0.05, 0) is 24.3 Å². The summed E-state index contributed by atoms with van der Waals surface area (Å²) in [5, 5.41) is 11.2. The molecule has 1 aromatic heterocycles.